The zero-order chi connectivity index (χ0) is 16.1. The molecule has 1 N–H and O–H groups in total. The zero-order valence-electron chi connectivity index (χ0n) is 12.4. The molecular weight excluding hydrogens is 302 g/mol. The molecule has 2 rings (SSSR count). The van der Waals surface area contributed by atoms with E-state index in [-0.39, 0.29) is 19.1 Å². The molecule has 1 aromatic heterocycles. The maximum atomic E-state index is 12.7. The van der Waals surface area contributed by atoms with E-state index in [1.807, 2.05) is 18.2 Å². The second-order valence-electron chi connectivity index (χ2n) is 4.81. The SMILES string of the molecule is C=CCN(CCO)C(=O)c1cn(C)nc1-c1ccccc1Cl. The molecule has 0 fully saturated rings. The summed E-state index contributed by atoms with van der Waals surface area (Å²) in [6.45, 7) is 4.13. The van der Waals surface area contributed by atoms with Crippen LogP contribution in [0.4, 0.5) is 0 Å². The van der Waals surface area contributed by atoms with Crippen molar-refractivity contribution in [3.63, 3.8) is 0 Å². The lowest BCUT2D eigenvalue weighted by Crippen LogP contribution is -2.33. The fourth-order valence-electron chi connectivity index (χ4n) is 2.22. The number of aromatic nitrogens is 2. The first-order chi connectivity index (χ1) is 10.6. The number of rotatable bonds is 6. The molecule has 0 aliphatic rings. The van der Waals surface area contributed by atoms with Crippen LogP contribution in [-0.4, -0.2) is 45.4 Å². The van der Waals surface area contributed by atoms with Crippen molar-refractivity contribution in [2.45, 2.75) is 0 Å². The second-order valence-corrected chi connectivity index (χ2v) is 5.22. The molecule has 1 aromatic carbocycles. The van der Waals surface area contributed by atoms with Crippen LogP contribution in [0.5, 0.6) is 0 Å². The van der Waals surface area contributed by atoms with Crippen molar-refractivity contribution >= 4 is 17.5 Å². The second kappa shape index (κ2) is 7.24. The highest BCUT2D eigenvalue weighted by molar-refractivity contribution is 6.33. The van der Waals surface area contributed by atoms with Gasteiger partial charge < -0.3 is 10.0 Å². The molecule has 22 heavy (non-hydrogen) atoms. The summed E-state index contributed by atoms with van der Waals surface area (Å²) in [4.78, 5) is 14.2. The lowest BCUT2D eigenvalue weighted by Gasteiger charge is -2.19. The van der Waals surface area contributed by atoms with E-state index in [4.69, 9.17) is 16.7 Å². The summed E-state index contributed by atoms with van der Waals surface area (Å²) in [5.74, 6) is -0.211. The van der Waals surface area contributed by atoms with Gasteiger partial charge in [0.1, 0.15) is 5.69 Å². The monoisotopic (exact) mass is 319 g/mol. The van der Waals surface area contributed by atoms with Crippen LogP contribution in [0.2, 0.25) is 5.02 Å². The Bertz CT molecular complexity index is 682. The van der Waals surface area contributed by atoms with Crippen molar-refractivity contribution < 1.29 is 9.90 Å². The summed E-state index contributed by atoms with van der Waals surface area (Å²) in [6, 6.07) is 7.26. The predicted octanol–water partition coefficient (Wildman–Crippen LogP) is 2.36. The van der Waals surface area contributed by atoms with Gasteiger partial charge in [-0.25, -0.2) is 0 Å². The van der Waals surface area contributed by atoms with Crippen LogP contribution in [0.25, 0.3) is 11.3 Å². The quantitative estimate of drug-likeness (QED) is 0.832. The Kier molecular flexibility index (Phi) is 5.35. The van der Waals surface area contributed by atoms with E-state index in [1.54, 1.807) is 30.1 Å². The van der Waals surface area contributed by atoms with Gasteiger partial charge >= 0.3 is 0 Å². The third-order valence-corrected chi connectivity index (χ3v) is 3.52. The molecule has 6 heteroatoms. The number of aryl methyl sites for hydroxylation is 1. The molecule has 116 valence electrons. The number of nitrogens with zero attached hydrogens (tertiary/aromatic N) is 3. The number of amides is 1. The average Bonchev–Trinajstić information content (AvgIpc) is 2.88. The molecular formula is C16H18ClN3O2. The van der Waals surface area contributed by atoms with Crippen LogP contribution < -0.4 is 0 Å². The van der Waals surface area contributed by atoms with E-state index in [1.165, 1.54) is 4.90 Å². The smallest absolute Gasteiger partial charge is 0.258 e. The standard InChI is InChI=1S/C16H18ClN3O2/c1-3-8-20(9-10-21)16(22)13-11-19(2)18-15(13)12-6-4-5-7-14(12)17/h3-7,11,21H,1,8-10H2,2H3. The topological polar surface area (TPSA) is 58.4 Å². The van der Waals surface area contributed by atoms with Crippen molar-refractivity contribution in [2.24, 2.45) is 7.05 Å². The third kappa shape index (κ3) is 3.37. The summed E-state index contributed by atoms with van der Waals surface area (Å²) in [6.07, 6.45) is 3.29. The fourth-order valence-corrected chi connectivity index (χ4v) is 2.45. The van der Waals surface area contributed by atoms with E-state index >= 15 is 0 Å². The number of halogens is 1. The summed E-state index contributed by atoms with van der Waals surface area (Å²) >= 11 is 6.22. The average molecular weight is 320 g/mol. The fraction of sp³-hybridized carbons (Fsp3) is 0.250. The Morgan fingerprint density at radius 3 is 2.86 bits per heavy atom. The Hall–Kier alpha value is -2.11. The van der Waals surface area contributed by atoms with Crippen molar-refractivity contribution in [1.29, 1.82) is 0 Å². The van der Waals surface area contributed by atoms with Gasteiger partial charge in [-0.1, -0.05) is 35.9 Å². The Morgan fingerprint density at radius 2 is 2.23 bits per heavy atom. The first-order valence-corrected chi connectivity index (χ1v) is 7.25. The molecule has 2 aromatic rings. The van der Waals surface area contributed by atoms with Crippen molar-refractivity contribution in [3.05, 3.63) is 53.7 Å². The lowest BCUT2D eigenvalue weighted by atomic mass is 10.1. The molecule has 0 saturated carbocycles. The lowest BCUT2D eigenvalue weighted by molar-refractivity contribution is 0.0743. The Balaban J connectivity index is 2.46. The molecule has 0 radical (unpaired) electrons. The normalized spacial score (nSPS) is 10.5. The van der Waals surface area contributed by atoms with Crippen LogP contribution >= 0.6 is 11.6 Å². The van der Waals surface area contributed by atoms with Gasteiger partial charge in [0.15, 0.2) is 0 Å². The van der Waals surface area contributed by atoms with Crippen molar-refractivity contribution in [2.75, 3.05) is 19.7 Å². The highest BCUT2D eigenvalue weighted by Crippen LogP contribution is 2.29. The van der Waals surface area contributed by atoms with Crippen LogP contribution in [0, 0.1) is 0 Å². The van der Waals surface area contributed by atoms with E-state index < -0.39 is 0 Å². The minimum absolute atomic E-state index is 0.110. The first-order valence-electron chi connectivity index (χ1n) is 6.88. The van der Waals surface area contributed by atoms with Gasteiger partial charge in [-0.3, -0.25) is 9.48 Å². The van der Waals surface area contributed by atoms with Crippen LogP contribution in [-0.2, 0) is 7.05 Å². The molecule has 0 atom stereocenters. The summed E-state index contributed by atoms with van der Waals surface area (Å²) in [7, 11) is 1.75. The maximum absolute atomic E-state index is 12.7. The van der Waals surface area contributed by atoms with Gasteiger partial charge in [0, 0.05) is 31.9 Å². The number of hydrogen-bond donors (Lipinski definition) is 1. The number of carbonyl (C=O) groups is 1. The van der Waals surface area contributed by atoms with Gasteiger partial charge in [0.05, 0.1) is 17.2 Å². The third-order valence-electron chi connectivity index (χ3n) is 3.19. The van der Waals surface area contributed by atoms with E-state index in [0.29, 0.717) is 28.4 Å². The maximum Gasteiger partial charge on any atom is 0.258 e. The Morgan fingerprint density at radius 1 is 1.50 bits per heavy atom. The molecule has 0 unspecified atom stereocenters. The van der Waals surface area contributed by atoms with E-state index in [9.17, 15) is 4.79 Å². The number of aliphatic hydroxyl groups excluding tert-OH is 1. The number of aliphatic hydroxyl groups is 1. The van der Waals surface area contributed by atoms with Crippen molar-refractivity contribution in [1.82, 2.24) is 14.7 Å². The molecule has 1 heterocycles. The van der Waals surface area contributed by atoms with Crippen molar-refractivity contribution in [3.8, 4) is 11.3 Å². The highest BCUT2D eigenvalue weighted by atomic mass is 35.5. The van der Waals surface area contributed by atoms with Crippen LogP contribution in [0.3, 0.4) is 0 Å². The molecule has 5 nitrogen and oxygen atoms in total. The minimum atomic E-state index is -0.211. The zero-order valence-corrected chi connectivity index (χ0v) is 13.1. The van der Waals surface area contributed by atoms with Crippen LogP contribution in [0.1, 0.15) is 10.4 Å². The highest BCUT2D eigenvalue weighted by Gasteiger charge is 2.22. The minimum Gasteiger partial charge on any atom is -0.395 e. The molecule has 0 bridgehead atoms. The number of carbonyl (C=O) groups excluding carboxylic acids is 1. The largest absolute Gasteiger partial charge is 0.395 e. The molecule has 0 aliphatic carbocycles. The first kappa shape index (κ1) is 16.3. The van der Waals surface area contributed by atoms with Gasteiger partial charge in [-0.2, -0.15) is 5.10 Å². The van der Waals surface area contributed by atoms with E-state index in [2.05, 4.69) is 11.7 Å². The van der Waals surface area contributed by atoms with Gasteiger partial charge in [0.2, 0.25) is 0 Å². The molecule has 1 amide bonds. The summed E-state index contributed by atoms with van der Waals surface area (Å²) in [5, 5.41) is 14.0. The van der Waals surface area contributed by atoms with E-state index in [0.717, 1.165) is 0 Å². The predicted molar refractivity (Wildman–Crippen MR) is 86.8 cm³/mol. The van der Waals surface area contributed by atoms with Gasteiger partial charge in [-0.05, 0) is 6.07 Å². The number of benzene rings is 1. The molecule has 0 aliphatic heterocycles. The van der Waals surface area contributed by atoms with Crippen LogP contribution in [0.15, 0.2) is 43.1 Å². The van der Waals surface area contributed by atoms with Gasteiger partial charge in [0.25, 0.3) is 5.91 Å². The molecule has 0 spiro atoms. The summed E-state index contributed by atoms with van der Waals surface area (Å²) < 4.78 is 1.58. The van der Waals surface area contributed by atoms with Gasteiger partial charge in [-0.15, -0.1) is 6.58 Å². The summed E-state index contributed by atoms with van der Waals surface area (Å²) in [5.41, 5.74) is 1.69. The number of hydrogen-bond acceptors (Lipinski definition) is 3. The Labute approximate surface area is 134 Å². The molecule has 0 saturated heterocycles.